The third-order valence-electron chi connectivity index (χ3n) is 8.37. The summed E-state index contributed by atoms with van der Waals surface area (Å²) in [5.41, 5.74) is 2.25. The lowest BCUT2D eigenvalue weighted by molar-refractivity contribution is 0.00578. The van der Waals surface area contributed by atoms with Gasteiger partial charge in [-0.05, 0) is 100 Å². The molecular formula is C36H56BBrN4O6Si2. The van der Waals surface area contributed by atoms with Crippen LogP contribution < -0.4 is 5.59 Å². The Morgan fingerprint density at radius 1 is 0.680 bits per heavy atom. The molecule has 0 saturated carbocycles. The molecule has 0 bridgehead atoms. The number of aromatic hydroxyl groups is 2. The van der Waals surface area contributed by atoms with Crippen LogP contribution in [-0.4, -0.2) is 77.5 Å². The number of ether oxygens (including phenoxy) is 2. The fourth-order valence-corrected chi connectivity index (χ4v) is 6.21. The zero-order valence-electron chi connectivity index (χ0n) is 31.4. The van der Waals surface area contributed by atoms with E-state index in [9.17, 15) is 5.11 Å². The van der Waals surface area contributed by atoms with Crippen LogP contribution in [0.25, 0.3) is 11.3 Å². The summed E-state index contributed by atoms with van der Waals surface area (Å²) in [5.74, 6) is 0.569. The van der Waals surface area contributed by atoms with Crippen LogP contribution >= 0.6 is 15.9 Å². The molecule has 0 aliphatic carbocycles. The van der Waals surface area contributed by atoms with Crippen molar-refractivity contribution in [2.24, 2.45) is 0 Å². The number of rotatable bonds is 12. The molecule has 1 aliphatic rings. The first-order chi connectivity index (χ1) is 23.3. The van der Waals surface area contributed by atoms with Gasteiger partial charge in [0.2, 0.25) is 0 Å². The second-order valence-corrected chi connectivity index (χ2v) is 27.9. The zero-order valence-corrected chi connectivity index (χ0v) is 35.0. The Labute approximate surface area is 309 Å². The van der Waals surface area contributed by atoms with E-state index in [0.717, 1.165) is 46.6 Å². The molecule has 0 spiro atoms. The minimum atomic E-state index is -1.06. The Kier molecular flexibility index (Phi) is 15.1. The van der Waals surface area contributed by atoms with Gasteiger partial charge in [0.05, 0.1) is 22.5 Å². The lowest BCUT2D eigenvalue weighted by Crippen LogP contribution is -2.41. The zero-order chi connectivity index (χ0) is 37.2. The SMILES string of the molecule is CC1(C)OB(c2ccnn2COCC[Si](C)(C)C)OC1(C)C.C[Si](C)(C)CCOCn1nccc1-c1ccc(O)cc1.Oc1ccc(Br)cc1. The highest BCUT2D eigenvalue weighted by molar-refractivity contribution is 9.10. The van der Waals surface area contributed by atoms with E-state index in [-0.39, 0.29) is 17.0 Å². The summed E-state index contributed by atoms with van der Waals surface area (Å²) in [6.07, 6.45) is 3.53. The molecule has 50 heavy (non-hydrogen) atoms. The smallest absolute Gasteiger partial charge is 0.508 e. The molecule has 2 aromatic carbocycles. The van der Waals surface area contributed by atoms with Crippen LogP contribution in [0.1, 0.15) is 27.7 Å². The lowest BCUT2D eigenvalue weighted by atomic mass is 9.85. The maximum Gasteiger partial charge on any atom is 0.514 e. The first-order valence-corrected chi connectivity index (χ1v) is 25.3. The van der Waals surface area contributed by atoms with Crippen LogP contribution in [0.2, 0.25) is 51.4 Å². The highest BCUT2D eigenvalue weighted by Gasteiger charge is 2.52. The molecule has 4 aromatic rings. The van der Waals surface area contributed by atoms with Crippen molar-refractivity contribution in [2.75, 3.05) is 13.2 Å². The first kappa shape index (κ1) is 41.7. The van der Waals surface area contributed by atoms with Gasteiger partial charge in [-0.1, -0.05) is 55.2 Å². The van der Waals surface area contributed by atoms with E-state index in [4.69, 9.17) is 23.9 Å². The number of nitrogens with zero attached hydrogens (tertiary/aromatic N) is 4. The van der Waals surface area contributed by atoms with Gasteiger partial charge in [0.25, 0.3) is 0 Å². The van der Waals surface area contributed by atoms with Crippen LogP contribution in [0.15, 0.2) is 77.5 Å². The first-order valence-electron chi connectivity index (χ1n) is 17.0. The molecule has 10 nitrogen and oxygen atoms in total. The monoisotopic (exact) mass is 786 g/mol. The molecule has 0 unspecified atom stereocenters. The molecule has 0 amide bonds. The van der Waals surface area contributed by atoms with Crippen molar-refractivity contribution in [1.82, 2.24) is 19.6 Å². The molecule has 1 aliphatic heterocycles. The lowest BCUT2D eigenvalue weighted by Gasteiger charge is -2.32. The molecule has 14 heteroatoms. The third kappa shape index (κ3) is 13.8. The Bertz CT molecular complexity index is 1550. The van der Waals surface area contributed by atoms with Crippen molar-refractivity contribution in [3.63, 3.8) is 0 Å². The van der Waals surface area contributed by atoms with Crippen LogP contribution in [0, 0.1) is 0 Å². The Morgan fingerprint density at radius 2 is 1.12 bits per heavy atom. The van der Waals surface area contributed by atoms with E-state index in [2.05, 4.69) is 93.1 Å². The fourth-order valence-electron chi connectivity index (χ4n) is 4.43. The number of hydrogen-bond acceptors (Lipinski definition) is 8. The van der Waals surface area contributed by atoms with Gasteiger partial charge >= 0.3 is 7.12 Å². The van der Waals surface area contributed by atoms with Crippen molar-refractivity contribution in [3.8, 4) is 22.8 Å². The minimum absolute atomic E-state index is 0.270. The van der Waals surface area contributed by atoms with E-state index in [1.54, 1.807) is 48.8 Å². The van der Waals surface area contributed by atoms with Gasteiger partial charge in [0.15, 0.2) is 0 Å². The predicted octanol–water partition coefficient (Wildman–Crippen LogP) is 8.22. The van der Waals surface area contributed by atoms with Crippen molar-refractivity contribution < 1.29 is 29.0 Å². The Hall–Kier alpha value is -2.72. The fraction of sp³-hybridized carbons (Fsp3) is 0.500. The molecule has 2 N–H and O–H groups in total. The molecule has 0 radical (unpaired) electrons. The summed E-state index contributed by atoms with van der Waals surface area (Å²) in [4.78, 5) is 0. The predicted molar refractivity (Wildman–Crippen MR) is 211 cm³/mol. The number of hydrogen-bond donors (Lipinski definition) is 2. The van der Waals surface area contributed by atoms with Crippen LogP contribution in [0.4, 0.5) is 0 Å². The Morgan fingerprint density at radius 3 is 1.60 bits per heavy atom. The number of halogens is 1. The summed E-state index contributed by atoms with van der Waals surface area (Å²) in [6.45, 7) is 24.7. The average Bonchev–Trinajstić information content (AvgIpc) is 3.73. The van der Waals surface area contributed by atoms with E-state index >= 15 is 0 Å². The quantitative estimate of drug-likeness (QED) is 0.109. The maximum absolute atomic E-state index is 9.33. The van der Waals surface area contributed by atoms with Gasteiger partial charge in [-0.25, -0.2) is 9.36 Å². The van der Waals surface area contributed by atoms with Gasteiger partial charge in [-0.3, -0.25) is 0 Å². The second-order valence-electron chi connectivity index (χ2n) is 15.8. The standard InChI is InChI=1S/C15H29BN2O3Si.C15H22N2O2Si.C6H5BrO/c1-14(2)15(3,4)21-16(20-14)13-8-9-17-18(13)12-19-10-11-22(5,6)7;1-20(2,3)11-10-19-12-17-15(8-9-16-17)13-4-6-14(18)7-5-13;7-5-1-3-6(8)4-2-5/h8-9H,10-12H2,1-7H3;4-9,18H,10-12H2,1-3H3;1-4,8H. The van der Waals surface area contributed by atoms with Crippen molar-refractivity contribution in [3.05, 3.63) is 77.5 Å². The van der Waals surface area contributed by atoms with Crippen LogP contribution in [0.3, 0.4) is 0 Å². The topological polar surface area (TPSA) is 113 Å². The number of phenolic OH excluding ortho intramolecular Hbond substituents is 2. The molecular weight excluding hydrogens is 731 g/mol. The summed E-state index contributed by atoms with van der Waals surface area (Å²) in [7, 11) is -2.50. The van der Waals surface area contributed by atoms with Gasteiger partial charge in [0, 0.05) is 51.8 Å². The average molecular weight is 788 g/mol. The Balaban J connectivity index is 0.000000223. The number of phenols is 2. The molecule has 3 heterocycles. The van der Waals surface area contributed by atoms with E-state index in [1.807, 2.05) is 33.6 Å². The van der Waals surface area contributed by atoms with Gasteiger partial charge < -0.3 is 29.0 Å². The molecule has 0 atom stereocenters. The summed E-state index contributed by atoms with van der Waals surface area (Å²) in [5, 5.41) is 26.7. The van der Waals surface area contributed by atoms with Crippen LogP contribution in [-0.2, 0) is 32.2 Å². The highest BCUT2D eigenvalue weighted by atomic mass is 79.9. The van der Waals surface area contributed by atoms with Gasteiger partial charge in [-0.15, -0.1) is 0 Å². The molecule has 274 valence electrons. The van der Waals surface area contributed by atoms with Crippen molar-refractivity contribution >= 4 is 44.8 Å². The summed E-state index contributed by atoms with van der Waals surface area (Å²) < 4.78 is 28.3. The maximum atomic E-state index is 9.33. The third-order valence-corrected chi connectivity index (χ3v) is 12.3. The van der Waals surface area contributed by atoms with Crippen molar-refractivity contribution in [2.45, 2.75) is 104 Å². The molecule has 1 saturated heterocycles. The number of benzene rings is 2. The van der Waals surface area contributed by atoms with Crippen LogP contribution in [0.5, 0.6) is 11.5 Å². The van der Waals surface area contributed by atoms with E-state index in [0.29, 0.717) is 19.2 Å². The van der Waals surface area contributed by atoms with Gasteiger partial charge in [0.1, 0.15) is 25.0 Å². The second kappa shape index (κ2) is 18.2. The molecule has 2 aromatic heterocycles. The highest BCUT2D eigenvalue weighted by Crippen LogP contribution is 2.36. The molecule has 1 fully saturated rings. The largest absolute Gasteiger partial charge is 0.514 e. The minimum Gasteiger partial charge on any atom is -0.508 e. The summed E-state index contributed by atoms with van der Waals surface area (Å²) >= 11 is 3.23. The normalized spacial score (nSPS) is 15.2. The van der Waals surface area contributed by atoms with Crippen molar-refractivity contribution in [1.29, 1.82) is 0 Å². The van der Waals surface area contributed by atoms with E-state index in [1.165, 1.54) is 0 Å². The molecule has 5 rings (SSSR count). The van der Waals surface area contributed by atoms with E-state index < -0.39 is 23.3 Å². The number of aromatic nitrogens is 4. The summed E-state index contributed by atoms with van der Waals surface area (Å²) in [6, 6.07) is 20.1. The van der Waals surface area contributed by atoms with Gasteiger partial charge in [-0.2, -0.15) is 10.2 Å².